The molecule has 0 radical (unpaired) electrons. The molecule has 1 aliphatic rings. The van der Waals surface area contributed by atoms with Gasteiger partial charge in [0.2, 0.25) is 0 Å². The van der Waals surface area contributed by atoms with Crippen molar-refractivity contribution in [2.24, 2.45) is 5.92 Å². The van der Waals surface area contributed by atoms with Gasteiger partial charge < -0.3 is 15.2 Å². The summed E-state index contributed by atoms with van der Waals surface area (Å²) in [4.78, 5) is 0. The van der Waals surface area contributed by atoms with E-state index in [1.807, 2.05) is 24.3 Å². The summed E-state index contributed by atoms with van der Waals surface area (Å²) in [6, 6.07) is 7.86. The number of nitrogens with one attached hydrogen (secondary N) is 1. The van der Waals surface area contributed by atoms with E-state index in [-0.39, 0.29) is 6.10 Å². The molecule has 0 heterocycles. The summed E-state index contributed by atoms with van der Waals surface area (Å²) in [6.07, 6.45) is 4.40. The summed E-state index contributed by atoms with van der Waals surface area (Å²) in [5.74, 6) is 1.30. The summed E-state index contributed by atoms with van der Waals surface area (Å²) < 4.78 is 6.68. The van der Waals surface area contributed by atoms with Crippen LogP contribution in [0, 0.1) is 5.92 Å². The molecule has 1 saturated carbocycles. The molecule has 19 heavy (non-hydrogen) atoms. The second-order valence-corrected chi connectivity index (χ2v) is 6.04. The third kappa shape index (κ3) is 5.13. The molecule has 0 amide bonds. The van der Waals surface area contributed by atoms with Gasteiger partial charge in [0.1, 0.15) is 12.4 Å². The van der Waals surface area contributed by atoms with Gasteiger partial charge in [0.25, 0.3) is 0 Å². The first kappa shape index (κ1) is 14.8. The van der Waals surface area contributed by atoms with E-state index in [9.17, 15) is 5.11 Å². The maximum atomic E-state index is 9.86. The number of aliphatic hydroxyl groups excluding tert-OH is 1. The SMILES string of the molecule is OC1CCCCC1CNCCOc1cccc(Br)c1. The highest BCUT2D eigenvalue weighted by atomic mass is 79.9. The zero-order chi connectivity index (χ0) is 13.5. The molecule has 106 valence electrons. The Morgan fingerprint density at radius 1 is 1.32 bits per heavy atom. The topological polar surface area (TPSA) is 41.5 Å². The molecular formula is C15H22BrNO2. The number of rotatable bonds is 6. The van der Waals surface area contributed by atoms with Crippen molar-refractivity contribution in [3.8, 4) is 5.75 Å². The van der Waals surface area contributed by atoms with Crippen molar-refractivity contribution in [3.05, 3.63) is 28.7 Å². The van der Waals surface area contributed by atoms with E-state index in [0.717, 1.165) is 36.2 Å². The molecule has 1 aromatic carbocycles. The van der Waals surface area contributed by atoms with Gasteiger partial charge in [0, 0.05) is 17.6 Å². The Morgan fingerprint density at radius 3 is 2.95 bits per heavy atom. The molecule has 2 atom stereocenters. The van der Waals surface area contributed by atoms with Crippen molar-refractivity contribution < 1.29 is 9.84 Å². The van der Waals surface area contributed by atoms with Crippen LogP contribution in [0.5, 0.6) is 5.75 Å². The Kier molecular flexibility index (Phi) is 6.14. The summed E-state index contributed by atoms with van der Waals surface area (Å²) in [5.41, 5.74) is 0. The molecular weight excluding hydrogens is 306 g/mol. The van der Waals surface area contributed by atoms with E-state index < -0.39 is 0 Å². The molecule has 0 spiro atoms. The summed E-state index contributed by atoms with van der Waals surface area (Å²) in [7, 11) is 0. The third-order valence-electron chi connectivity index (χ3n) is 3.62. The molecule has 0 aromatic heterocycles. The molecule has 3 nitrogen and oxygen atoms in total. The van der Waals surface area contributed by atoms with E-state index in [0.29, 0.717) is 12.5 Å². The van der Waals surface area contributed by atoms with Crippen molar-refractivity contribution in [2.45, 2.75) is 31.8 Å². The predicted molar refractivity (Wildman–Crippen MR) is 80.5 cm³/mol. The van der Waals surface area contributed by atoms with Crippen molar-refractivity contribution in [3.63, 3.8) is 0 Å². The minimum Gasteiger partial charge on any atom is -0.492 e. The lowest BCUT2D eigenvalue weighted by Gasteiger charge is -2.27. The van der Waals surface area contributed by atoms with Crippen molar-refractivity contribution in [1.29, 1.82) is 0 Å². The Labute approximate surface area is 123 Å². The van der Waals surface area contributed by atoms with Gasteiger partial charge in [-0.05, 0) is 37.0 Å². The average molecular weight is 328 g/mol. The quantitative estimate of drug-likeness (QED) is 0.789. The van der Waals surface area contributed by atoms with Gasteiger partial charge in [-0.15, -0.1) is 0 Å². The smallest absolute Gasteiger partial charge is 0.120 e. The highest BCUT2D eigenvalue weighted by molar-refractivity contribution is 9.10. The molecule has 0 bridgehead atoms. The van der Waals surface area contributed by atoms with Crippen LogP contribution in [0.3, 0.4) is 0 Å². The lowest BCUT2D eigenvalue weighted by atomic mass is 9.86. The fourth-order valence-corrected chi connectivity index (χ4v) is 2.89. The Morgan fingerprint density at radius 2 is 2.16 bits per heavy atom. The number of benzene rings is 1. The summed E-state index contributed by atoms with van der Waals surface area (Å²) in [6.45, 7) is 2.36. The molecule has 2 unspecified atom stereocenters. The predicted octanol–water partition coefficient (Wildman–Crippen LogP) is 2.97. The van der Waals surface area contributed by atoms with Crippen LogP contribution in [0.1, 0.15) is 25.7 Å². The van der Waals surface area contributed by atoms with Gasteiger partial charge in [-0.25, -0.2) is 0 Å². The van der Waals surface area contributed by atoms with Gasteiger partial charge in [0.05, 0.1) is 6.10 Å². The lowest BCUT2D eigenvalue weighted by molar-refractivity contribution is 0.0692. The van der Waals surface area contributed by atoms with E-state index in [2.05, 4.69) is 21.2 Å². The van der Waals surface area contributed by atoms with Crippen LogP contribution in [-0.2, 0) is 0 Å². The first-order chi connectivity index (χ1) is 9.25. The van der Waals surface area contributed by atoms with Gasteiger partial charge >= 0.3 is 0 Å². The first-order valence-electron chi connectivity index (χ1n) is 7.03. The van der Waals surface area contributed by atoms with Gasteiger partial charge in [-0.1, -0.05) is 34.8 Å². The minimum absolute atomic E-state index is 0.118. The van der Waals surface area contributed by atoms with Crippen LogP contribution < -0.4 is 10.1 Å². The maximum Gasteiger partial charge on any atom is 0.120 e. The molecule has 2 N–H and O–H groups in total. The van der Waals surface area contributed by atoms with Crippen molar-refractivity contribution in [1.82, 2.24) is 5.32 Å². The summed E-state index contributed by atoms with van der Waals surface area (Å²) >= 11 is 3.42. The molecule has 2 rings (SSSR count). The van der Waals surface area contributed by atoms with E-state index in [1.54, 1.807) is 0 Å². The van der Waals surface area contributed by atoms with Crippen LogP contribution in [-0.4, -0.2) is 30.9 Å². The van der Waals surface area contributed by atoms with E-state index >= 15 is 0 Å². The zero-order valence-corrected chi connectivity index (χ0v) is 12.7. The van der Waals surface area contributed by atoms with Gasteiger partial charge in [-0.3, -0.25) is 0 Å². The summed E-state index contributed by atoms with van der Waals surface area (Å²) in [5, 5.41) is 13.2. The molecule has 0 aliphatic heterocycles. The fourth-order valence-electron chi connectivity index (χ4n) is 2.51. The molecule has 1 fully saturated rings. The maximum absolute atomic E-state index is 9.86. The minimum atomic E-state index is -0.118. The largest absolute Gasteiger partial charge is 0.492 e. The van der Waals surface area contributed by atoms with Crippen LogP contribution in [0.2, 0.25) is 0 Å². The monoisotopic (exact) mass is 327 g/mol. The van der Waals surface area contributed by atoms with Crippen LogP contribution in [0.25, 0.3) is 0 Å². The molecule has 1 aromatic rings. The number of aliphatic hydroxyl groups is 1. The van der Waals surface area contributed by atoms with E-state index in [4.69, 9.17) is 4.74 Å². The lowest BCUT2D eigenvalue weighted by Crippen LogP contribution is -2.35. The van der Waals surface area contributed by atoms with E-state index in [1.165, 1.54) is 12.8 Å². The average Bonchev–Trinajstić information content (AvgIpc) is 2.40. The Bertz CT molecular complexity index is 386. The Balaban J connectivity index is 1.59. The van der Waals surface area contributed by atoms with Crippen LogP contribution in [0.4, 0.5) is 0 Å². The van der Waals surface area contributed by atoms with Gasteiger partial charge in [-0.2, -0.15) is 0 Å². The number of hydrogen-bond donors (Lipinski definition) is 2. The van der Waals surface area contributed by atoms with Crippen LogP contribution >= 0.6 is 15.9 Å². The molecule has 4 heteroatoms. The van der Waals surface area contributed by atoms with Crippen molar-refractivity contribution in [2.75, 3.05) is 19.7 Å². The zero-order valence-electron chi connectivity index (χ0n) is 11.1. The number of hydrogen-bond acceptors (Lipinski definition) is 3. The fraction of sp³-hybridized carbons (Fsp3) is 0.600. The third-order valence-corrected chi connectivity index (χ3v) is 4.11. The first-order valence-corrected chi connectivity index (χ1v) is 7.82. The van der Waals surface area contributed by atoms with Crippen molar-refractivity contribution >= 4 is 15.9 Å². The van der Waals surface area contributed by atoms with Gasteiger partial charge in [0.15, 0.2) is 0 Å². The van der Waals surface area contributed by atoms with Crippen LogP contribution in [0.15, 0.2) is 28.7 Å². The standard InChI is InChI=1S/C15H22BrNO2/c16-13-5-3-6-14(10-13)19-9-8-17-11-12-4-1-2-7-15(12)18/h3,5-6,10,12,15,17-18H,1-2,4,7-9,11H2. The second-order valence-electron chi connectivity index (χ2n) is 5.12. The number of ether oxygens (including phenoxy) is 1. The second kappa shape index (κ2) is 7.88. The normalized spacial score (nSPS) is 23.3. The molecule has 0 saturated heterocycles. The Hall–Kier alpha value is -0.580. The highest BCUT2D eigenvalue weighted by Gasteiger charge is 2.22. The number of halogens is 1. The molecule has 1 aliphatic carbocycles. The highest BCUT2D eigenvalue weighted by Crippen LogP contribution is 2.23.